The molecule has 1 unspecified atom stereocenters. The second kappa shape index (κ2) is 6.35. The summed E-state index contributed by atoms with van der Waals surface area (Å²) in [5, 5.41) is 2.91. The fourth-order valence-corrected chi connectivity index (χ4v) is 1.51. The van der Waals surface area contributed by atoms with Crippen LogP contribution in [0.2, 0.25) is 0 Å². The summed E-state index contributed by atoms with van der Waals surface area (Å²) < 4.78 is 0. The van der Waals surface area contributed by atoms with E-state index in [1.807, 2.05) is 25.6 Å². The zero-order chi connectivity index (χ0) is 9.56. The molecular formula is C9H19NOS. The molecule has 0 radical (unpaired) electrons. The molecule has 0 aromatic carbocycles. The van der Waals surface area contributed by atoms with Crippen LogP contribution >= 0.6 is 11.8 Å². The molecule has 0 aliphatic rings. The third kappa shape index (κ3) is 5.47. The highest BCUT2D eigenvalue weighted by molar-refractivity contribution is 7.98. The van der Waals surface area contributed by atoms with Crippen molar-refractivity contribution in [2.75, 3.05) is 18.6 Å². The third-order valence-corrected chi connectivity index (χ3v) is 2.50. The average Bonchev–Trinajstić information content (AvgIpc) is 2.00. The predicted octanol–water partition coefficient (Wildman–Crippen LogP) is 1.76. The Morgan fingerprint density at radius 2 is 2.00 bits per heavy atom. The fraction of sp³-hybridized carbons (Fsp3) is 0.889. The maximum atomic E-state index is 11.1. The molecule has 0 bridgehead atoms. The molecule has 1 N–H and O–H groups in total. The van der Waals surface area contributed by atoms with E-state index in [1.54, 1.807) is 0 Å². The summed E-state index contributed by atoms with van der Waals surface area (Å²) in [6.07, 6.45) is 2.08. The van der Waals surface area contributed by atoms with Crippen molar-refractivity contribution >= 4 is 17.7 Å². The lowest BCUT2D eigenvalue weighted by atomic mass is 10.2. The van der Waals surface area contributed by atoms with E-state index >= 15 is 0 Å². The summed E-state index contributed by atoms with van der Waals surface area (Å²) in [6, 6.07) is 0. The van der Waals surface area contributed by atoms with E-state index in [9.17, 15) is 4.79 Å². The first-order chi connectivity index (χ1) is 5.57. The molecule has 12 heavy (non-hydrogen) atoms. The Labute approximate surface area is 79.5 Å². The smallest absolute Gasteiger partial charge is 0.222 e. The van der Waals surface area contributed by atoms with Crippen LogP contribution in [-0.4, -0.2) is 24.5 Å². The maximum absolute atomic E-state index is 11.1. The molecule has 0 aromatic heterocycles. The molecular weight excluding hydrogens is 170 g/mol. The van der Waals surface area contributed by atoms with Crippen molar-refractivity contribution < 1.29 is 4.79 Å². The molecule has 0 rings (SSSR count). The van der Waals surface area contributed by atoms with Crippen molar-refractivity contribution in [1.82, 2.24) is 5.32 Å². The van der Waals surface area contributed by atoms with E-state index in [2.05, 4.69) is 18.5 Å². The van der Waals surface area contributed by atoms with Crippen LogP contribution in [0, 0.1) is 11.8 Å². The molecule has 0 spiro atoms. The zero-order valence-corrected chi connectivity index (χ0v) is 9.20. The van der Waals surface area contributed by atoms with Crippen LogP contribution in [0.1, 0.15) is 20.8 Å². The highest BCUT2D eigenvalue weighted by atomic mass is 32.2. The van der Waals surface area contributed by atoms with Gasteiger partial charge in [-0.15, -0.1) is 0 Å². The van der Waals surface area contributed by atoms with Gasteiger partial charge in [0.15, 0.2) is 0 Å². The third-order valence-electron chi connectivity index (χ3n) is 1.60. The van der Waals surface area contributed by atoms with Crippen LogP contribution in [0.15, 0.2) is 0 Å². The fourth-order valence-electron chi connectivity index (χ4n) is 0.822. The van der Waals surface area contributed by atoms with Gasteiger partial charge in [0.25, 0.3) is 0 Å². The van der Waals surface area contributed by atoms with Gasteiger partial charge in [0, 0.05) is 12.5 Å². The summed E-state index contributed by atoms with van der Waals surface area (Å²) in [4.78, 5) is 11.1. The molecule has 72 valence electrons. The van der Waals surface area contributed by atoms with Gasteiger partial charge in [0.2, 0.25) is 5.91 Å². The van der Waals surface area contributed by atoms with Crippen molar-refractivity contribution in [2.45, 2.75) is 20.8 Å². The van der Waals surface area contributed by atoms with E-state index < -0.39 is 0 Å². The summed E-state index contributed by atoms with van der Waals surface area (Å²) in [6.45, 7) is 6.78. The van der Waals surface area contributed by atoms with Crippen LogP contribution < -0.4 is 5.32 Å². The Hall–Kier alpha value is -0.180. The number of nitrogens with one attached hydrogen (secondary N) is 1. The van der Waals surface area contributed by atoms with Crippen LogP contribution in [0.4, 0.5) is 0 Å². The highest BCUT2D eigenvalue weighted by Crippen LogP contribution is 2.03. The number of hydrogen-bond donors (Lipinski definition) is 1. The molecule has 0 saturated carbocycles. The van der Waals surface area contributed by atoms with E-state index in [4.69, 9.17) is 0 Å². The van der Waals surface area contributed by atoms with Crippen LogP contribution in [0.25, 0.3) is 0 Å². The van der Waals surface area contributed by atoms with Crippen LogP contribution in [0.5, 0.6) is 0 Å². The van der Waals surface area contributed by atoms with Crippen LogP contribution in [0.3, 0.4) is 0 Å². The second-order valence-corrected chi connectivity index (χ2v) is 4.37. The largest absolute Gasteiger partial charge is 0.356 e. The zero-order valence-electron chi connectivity index (χ0n) is 8.39. The molecule has 2 nitrogen and oxygen atoms in total. The van der Waals surface area contributed by atoms with Crippen molar-refractivity contribution in [2.24, 2.45) is 11.8 Å². The van der Waals surface area contributed by atoms with E-state index in [0.717, 1.165) is 12.3 Å². The van der Waals surface area contributed by atoms with Gasteiger partial charge in [0.1, 0.15) is 0 Å². The summed E-state index contributed by atoms with van der Waals surface area (Å²) in [5.74, 6) is 1.94. The average molecular weight is 189 g/mol. The van der Waals surface area contributed by atoms with Gasteiger partial charge >= 0.3 is 0 Å². The Bertz CT molecular complexity index is 136. The van der Waals surface area contributed by atoms with Gasteiger partial charge in [-0.1, -0.05) is 20.8 Å². The van der Waals surface area contributed by atoms with E-state index in [-0.39, 0.29) is 11.8 Å². The molecule has 1 atom stereocenters. The monoisotopic (exact) mass is 189 g/mol. The molecule has 0 heterocycles. The van der Waals surface area contributed by atoms with E-state index in [1.165, 1.54) is 0 Å². The number of amides is 1. The van der Waals surface area contributed by atoms with E-state index in [0.29, 0.717) is 5.92 Å². The Kier molecular flexibility index (Phi) is 6.25. The van der Waals surface area contributed by atoms with Gasteiger partial charge in [-0.3, -0.25) is 4.79 Å². The van der Waals surface area contributed by atoms with Crippen molar-refractivity contribution in [3.63, 3.8) is 0 Å². The number of hydrogen-bond acceptors (Lipinski definition) is 2. The maximum Gasteiger partial charge on any atom is 0.222 e. The molecule has 1 amide bonds. The Morgan fingerprint density at radius 1 is 1.42 bits per heavy atom. The Balaban J connectivity index is 3.47. The van der Waals surface area contributed by atoms with Crippen molar-refractivity contribution in [3.05, 3.63) is 0 Å². The summed E-state index contributed by atoms with van der Waals surface area (Å²) in [5.41, 5.74) is 0. The first-order valence-corrected chi connectivity index (χ1v) is 5.74. The number of rotatable bonds is 5. The molecule has 0 fully saturated rings. The van der Waals surface area contributed by atoms with Gasteiger partial charge in [-0.25, -0.2) is 0 Å². The molecule has 0 saturated heterocycles. The van der Waals surface area contributed by atoms with Gasteiger partial charge < -0.3 is 5.32 Å². The number of carbonyl (C=O) groups excluding carboxylic acids is 1. The topological polar surface area (TPSA) is 29.1 Å². The lowest BCUT2D eigenvalue weighted by molar-refractivity contribution is -0.124. The molecule has 3 heteroatoms. The lowest BCUT2D eigenvalue weighted by Crippen LogP contribution is -2.32. The van der Waals surface area contributed by atoms with Gasteiger partial charge in [-0.2, -0.15) is 11.8 Å². The number of thioether (sulfide) groups is 1. The minimum Gasteiger partial charge on any atom is -0.356 e. The van der Waals surface area contributed by atoms with Gasteiger partial charge in [-0.05, 0) is 17.9 Å². The van der Waals surface area contributed by atoms with Crippen molar-refractivity contribution in [3.8, 4) is 0 Å². The summed E-state index contributed by atoms with van der Waals surface area (Å²) in [7, 11) is 0. The standard InChI is InChI=1S/C9H19NOS/c1-7(2)9(11)10-5-8(3)6-12-4/h7-8H,5-6H2,1-4H3,(H,10,11). The minimum atomic E-state index is 0.103. The van der Waals surface area contributed by atoms with Gasteiger partial charge in [0.05, 0.1) is 0 Å². The predicted molar refractivity (Wildman–Crippen MR) is 55.4 cm³/mol. The quantitative estimate of drug-likeness (QED) is 0.714. The normalized spacial score (nSPS) is 13.1. The summed E-state index contributed by atoms with van der Waals surface area (Å²) >= 11 is 1.82. The molecule has 0 aromatic rings. The van der Waals surface area contributed by atoms with Crippen LogP contribution in [-0.2, 0) is 4.79 Å². The number of carbonyl (C=O) groups is 1. The second-order valence-electron chi connectivity index (χ2n) is 3.46. The molecule has 0 aliphatic heterocycles. The highest BCUT2D eigenvalue weighted by Gasteiger charge is 2.07. The lowest BCUT2D eigenvalue weighted by Gasteiger charge is -2.12. The Morgan fingerprint density at radius 3 is 2.42 bits per heavy atom. The first kappa shape index (κ1) is 11.8. The molecule has 0 aliphatic carbocycles. The minimum absolute atomic E-state index is 0.103. The SMILES string of the molecule is CSCC(C)CNC(=O)C(C)C. The van der Waals surface area contributed by atoms with Crippen molar-refractivity contribution in [1.29, 1.82) is 0 Å². The first-order valence-electron chi connectivity index (χ1n) is 4.34.